The molecule has 0 unspecified atom stereocenters. The van der Waals surface area contributed by atoms with Gasteiger partial charge in [-0.15, -0.1) is 11.6 Å². The Morgan fingerprint density at radius 3 is 2.50 bits per heavy atom. The first-order chi connectivity index (χ1) is 8.47. The largest absolute Gasteiger partial charge is 0.338 e. The van der Waals surface area contributed by atoms with Crippen molar-refractivity contribution in [1.82, 2.24) is 15.5 Å². The standard InChI is InChI=1S/C12H24ClN3O2/c1-10(2)16(3)9-5-4-8-14-12(18)15-11(17)6-7-13/h10H,4-9H2,1-3H3,(H2,14,15,17,18). The first-order valence-corrected chi connectivity index (χ1v) is 6.84. The summed E-state index contributed by atoms with van der Waals surface area (Å²) in [6, 6.07) is 0.0942. The van der Waals surface area contributed by atoms with E-state index in [4.69, 9.17) is 11.6 Å². The SMILES string of the molecule is CC(C)N(C)CCCCNC(=O)NC(=O)CCCl. The van der Waals surface area contributed by atoms with Gasteiger partial charge in [-0.05, 0) is 40.3 Å². The maximum atomic E-state index is 11.2. The second kappa shape index (κ2) is 10.1. The number of hydrogen-bond acceptors (Lipinski definition) is 3. The van der Waals surface area contributed by atoms with Crippen LogP contribution in [0.5, 0.6) is 0 Å². The van der Waals surface area contributed by atoms with E-state index in [1.54, 1.807) is 0 Å². The summed E-state index contributed by atoms with van der Waals surface area (Å²) in [4.78, 5) is 24.5. The van der Waals surface area contributed by atoms with Gasteiger partial charge in [0.25, 0.3) is 0 Å². The smallest absolute Gasteiger partial charge is 0.321 e. The van der Waals surface area contributed by atoms with Crippen LogP contribution < -0.4 is 10.6 Å². The van der Waals surface area contributed by atoms with Gasteiger partial charge in [-0.1, -0.05) is 0 Å². The van der Waals surface area contributed by atoms with Crippen LogP contribution in [0.25, 0.3) is 0 Å². The van der Waals surface area contributed by atoms with Gasteiger partial charge in [-0.3, -0.25) is 10.1 Å². The van der Waals surface area contributed by atoms with E-state index in [9.17, 15) is 9.59 Å². The summed E-state index contributed by atoms with van der Waals surface area (Å²) in [7, 11) is 2.08. The van der Waals surface area contributed by atoms with Gasteiger partial charge in [0, 0.05) is 24.9 Å². The van der Waals surface area contributed by atoms with Crippen molar-refractivity contribution in [1.29, 1.82) is 0 Å². The number of nitrogens with one attached hydrogen (secondary N) is 2. The lowest BCUT2D eigenvalue weighted by Gasteiger charge is -2.20. The summed E-state index contributed by atoms with van der Waals surface area (Å²) in [6.07, 6.45) is 2.08. The Morgan fingerprint density at radius 2 is 1.94 bits per heavy atom. The summed E-state index contributed by atoms with van der Waals surface area (Å²) in [5, 5.41) is 4.86. The van der Waals surface area contributed by atoms with Gasteiger partial charge in [0.2, 0.25) is 5.91 Å². The summed E-state index contributed by atoms with van der Waals surface area (Å²) in [5.74, 6) is -0.122. The van der Waals surface area contributed by atoms with Gasteiger partial charge in [-0.2, -0.15) is 0 Å². The van der Waals surface area contributed by atoms with Crippen LogP contribution in [-0.4, -0.2) is 48.9 Å². The minimum atomic E-state index is -0.442. The maximum absolute atomic E-state index is 11.2. The molecule has 0 aliphatic rings. The van der Waals surface area contributed by atoms with E-state index in [0.29, 0.717) is 12.6 Å². The van der Waals surface area contributed by atoms with Crippen molar-refractivity contribution in [3.63, 3.8) is 0 Å². The normalized spacial score (nSPS) is 10.8. The highest BCUT2D eigenvalue weighted by Gasteiger charge is 2.06. The molecule has 0 aromatic rings. The number of alkyl halides is 1. The molecule has 0 rings (SSSR count). The molecule has 0 aromatic heterocycles. The summed E-state index contributed by atoms with van der Waals surface area (Å²) < 4.78 is 0. The van der Waals surface area contributed by atoms with Gasteiger partial charge >= 0.3 is 6.03 Å². The van der Waals surface area contributed by atoms with Crippen molar-refractivity contribution < 1.29 is 9.59 Å². The molecule has 18 heavy (non-hydrogen) atoms. The van der Waals surface area contributed by atoms with Crippen LogP contribution in [0.1, 0.15) is 33.1 Å². The molecular formula is C12H24ClN3O2. The quantitative estimate of drug-likeness (QED) is 0.523. The molecule has 2 N–H and O–H groups in total. The van der Waals surface area contributed by atoms with Crippen molar-refractivity contribution in [3.05, 3.63) is 0 Å². The second-order valence-corrected chi connectivity index (χ2v) is 4.90. The van der Waals surface area contributed by atoms with Crippen LogP contribution >= 0.6 is 11.6 Å². The molecule has 0 aliphatic carbocycles. The Bertz CT molecular complexity index is 260. The number of halogens is 1. The van der Waals surface area contributed by atoms with Gasteiger partial charge in [0.1, 0.15) is 0 Å². The zero-order chi connectivity index (χ0) is 14.0. The third kappa shape index (κ3) is 9.24. The third-order valence-electron chi connectivity index (χ3n) is 2.68. The minimum absolute atomic E-state index is 0.161. The van der Waals surface area contributed by atoms with Crippen LogP contribution in [0.15, 0.2) is 0 Å². The van der Waals surface area contributed by atoms with Crippen LogP contribution in [0, 0.1) is 0 Å². The van der Waals surface area contributed by atoms with Crippen LogP contribution in [0.4, 0.5) is 4.79 Å². The van der Waals surface area contributed by atoms with E-state index in [0.717, 1.165) is 19.4 Å². The van der Waals surface area contributed by atoms with Gasteiger partial charge in [0.05, 0.1) is 0 Å². The van der Waals surface area contributed by atoms with E-state index < -0.39 is 6.03 Å². The Kier molecular flexibility index (Phi) is 9.69. The number of amides is 3. The fraction of sp³-hybridized carbons (Fsp3) is 0.833. The topological polar surface area (TPSA) is 61.4 Å². The highest BCUT2D eigenvalue weighted by molar-refractivity contribution is 6.19. The Balaban J connectivity index is 3.49. The molecule has 5 nitrogen and oxygen atoms in total. The van der Waals surface area contributed by atoms with Gasteiger partial charge < -0.3 is 10.2 Å². The van der Waals surface area contributed by atoms with Crippen molar-refractivity contribution >= 4 is 23.5 Å². The second-order valence-electron chi connectivity index (χ2n) is 4.52. The molecule has 6 heteroatoms. The molecule has 0 fully saturated rings. The van der Waals surface area contributed by atoms with Crippen LogP contribution in [0.2, 0.25) is 0 Å². The van der Waals surface area contributed by atoms with Crippen LogP contribution in [0.3, 0.4) is 0 Å². The average Bonchev–Trinajstić information content (AvgIpc) is 2.28. The first-order valence-electron chi connectivity index (χ1n) is 6.31. The van der Waals surface area contributed by atoms with Crippen LogP contribution in [-0.2, 0) is 4.79 Å². The lowest BCUT2D eigenvalue weighted by molar-refractivity contribution is -0.119. The molecule has 0 saturated carbocycles. The van der Waals surface area contributed by atoms with Crippen molar-refractivity contribution in [2.24, 2.45) is 0 Å². The van der Waals surface area contributed by atoms with E-state index >= 15 is 0 Å². The first kappa shape index (κ1) is 17.2. The zero-order valence-corrected chi connectivity index (χ0v) is 12.2. The van der Waals surface area contributed by atoms with Crippen molar-refractivity contribution in [2.45, 2.75) is 39.2 Å². The summed E-state index contributed by atoms with van der Waals surface area (Å²) >= 11 is 5.38. The third-order valence-corrected chi connectivity index (χ3v) is 2.87. The molecule has 0 aromatic carbocycles. The number of hydrogen-bond donors (Lipinski definition) is 2. The van der Waals surface area contributed by atoms with Gasteiger partial charge in [0.15, 0.2) is 0 Å². The molecule has 0 spiro atoms. The molecular weight excluding hydrogens is 254 g/mol. The van der Waals surface area contributed by atoms with E-state index in [2.05, 4.69) is 36.4 Å². The molecule has 3 amide bonds. The Morgan fingerprint density at radius 1 is 1.28 bits per heavy atom. The van der Waals surface area contributed by atoms with Gasteiger partial charge in [-0.25, -0.2) is 4.79 Å². The Hall–Kier alpha value is -0.810. The molecule has 0 atom stereocenters. The number of nitrogens with zero attached hydrogens (tertiary/aromatic N) is 1. The number of carbonyl (C=O) groups excluding carboxylic acids is 2. The van der Waals surface area contributed by atoms with Crippen molar-refractivity contribution in [2.75, 3.05) is 26.0 Å². The number of imide groups is 1. The molecule has 106 valence electrons. The molecule has 0 aliphatic heterocycles. The number of carbonyl (C=O) groups is 2. The molecule has 0 bridgehead atoms. The van der Waals surface area contributed by atoms with Crippen molar-refractivity contribution in [3.8, 4) is 0 Å². The summed E-state index contributed by atoms with van der Waals surface area (Å²) in [5.41, 5.74) is 0. The maximum Gasteiger partial charge on any atom is 0.321 e. The lowest BCUT2D eigenvalue weighted by atomic mass is 10.2. The summed E-state index contributed by atoms with van der Waals surface area (Å²) in [6.45, 7) is 5.88. The number of urea groups is 1. The number of unbranched alkanes of at least 4 members (excludes halogenated alkanes) is 1. The predicted molar refractivity (Wildman–Crippen MR) is 73.9 cm³/mol. The lowest BCUT2D eigenvalue weighted by Crippen LogP contribution is -2.40. The molecule has 0 heterocycles. The monoisotopic (exact) mass is 277 g/mol. The molecule has 0 saturated heterocycles. The fourth-order valence-electron chi connectivity index (χ4n) is 1.27. The zero-order valence-electron chi connectivity index (χ0n) is 11.5. The minimum Gasteiger partial charge on any atom is -0.338 e. The molecule has 0 radical (unpaired) electrons. The van der Waals surface area contributed by atoms with E-state index in [1.165, 1.54) is 0 Å². The highest BCUT2D eigenvalue weighted by atomic mass is 35.5. The van der Waals surface area contributed by atoms with E-state index in [1.807, 2.05) is 0 Å². The Labute approximate surface area is 114 Å². The predicted octanol–water partition coefficient (Wildman–Crippen LogP) is 1.56. The highest BCUT2D eigenvalue weighted by Crippen LogP contribution is 1.97. The van der Waals surface area contributed by atoms with E-state index in [-0.39, 0.29) is 18.2 Å². The average molecular weight is 278 g/mol. The fourth-order valence-corrected chi connectivity index (χ4v) is 1.44. The number of rotatable bonds is 8.